The molecule has 1 aliphatic rings. The third-order valence-corrected chi connectivity index (χ3v) is 4.98. The molecule has 1 aliphatic heterocycles. The molecule has 0 aliphatic carbocycles. The second-order valence-corrected chi connectivity index (χ2v) is 6.95. The predicted octanol–water partition coefficient (Wildman–Crippen LogP) is 4.27. The molecule has 1 aromatic carbocycles. The molecule has 2 aromatic rings. The van der Waals surface area contributed by atoms with Crippen LogP contribution in [-0.2, 0) is 11.3 Å². The fraction of sp³-hybridized carbons (Fsp3) is 0.353. The first kappa shape index (κ1) is 16.4. The molecule has 1 aromatic heterocycles. The van der Waals surface area contributed by atoms with E-state index in [4.69, 9.17) is 17.0 Å². The highest BCUT2D eigenvalue weighted by Crippen LogP contribution is 2.18. The van der Waals surface area contributed by atoms with Crippen molar-refractivity contribution in [3.63, 3.8) is 0 Å². The first-order chi connectivity index (χ1) is 11.2. The fourth-order valence-electron chi connectivity index (χ4n) is 2.58. The van der Waals surface area contributed by atoms with Crippen molar-refractivity contribution >= 4 is 34.4 Å². The van der Waals surface area contributed by atoms with Crippen molar-refractivity contribution < 1.29 is 9.13 Å². The number of thiophene rings is 1. The van der Waals surface area contributed by atoms with Gasteiger partial charge in [0.2, 0.25) is 0 Å². The number of thiocarbonyl (C=S) groups is 1. The SMILES string of the molecule is Fc1ccc(NC(=S)N(Cc2cccs2)C[C@@H]2CCCO2)cc1. The van der Waals surface area contributed by atoms with Crippen LogP contribution in [0.2, 0.25) is 0 Å². The summed E-state index contributed by atoms with van der Waals surface area (Å²) in [6, 6.07) is 10.4. The summed E-state index contributed by atoms with van der Waals surface area (Å²) >= 11 is 7.28. The Morgan fingerprint density at radius 2 is 2.17 bits per heavy atom. The molecule has 3 rings (SSSR count). The first-order valence-corrected chi connectivity index (χ1v) is 8.95. The van der Waals surface area contributed by atoms with E-state index in [0.29, 0.717) is 5.11 Å². The Bertz CT molecular complexity index is 625. The highest BCUT2D eigenvalue weighted by molar-refractivity contribution is 7.80. The smallest absolute Gasteiger partial charge is 0.173 e. The molecule has 0 spiro atoms. The lowest BCUT2D eigenvalue weighted by Gasteiger charge is -2.28. The van der Waals surface area contributed by atoms with Gasteiger partial charge < -0.3 is 15.0 Å². The highest BCUT2D eigenvalue weighted by atomic mass is 32.1. The highest BCUT2D eigenvalue weighted by Gasteiger charge is 2.21. The zero-order valence-corrected chi connectivity index (χ0v) is 14.3. The summed E-state index contributed by atoms with van der Waals surface area (Å²) in [6.07, 6.45) is 2.40. The van der Waals surface area contributed by atoms with Crippen LogP contribution < -0.4 is 5.32 Å². The number of anilines is 1. The summed E-state index contributed by atoms with van der Waals surface area (Å²) in [7, 11) is 0. The molecule has 3 nitrogen and oxygen atoms in total. The maximum absolute atomic E-state index is 13.0. The van der Waals surface area contributed by atoms with Crippen molar-refractivity contribution in [2.24, 2.45) is 0 Å². The zero-order chi connectivity index (χ0) is 16.1. The molecule has 0 unspecified atom stereocenters. The van der Waals surface area contributed by atoms with Crippen LogP contribution in [0.15, 0.2) is 41.8 Å². The summed E-state index contributed by atoms with van der Waals surface area (Å²) in [5, 5.41) is 5.90. The van der Waals surface area contributed by atoms with Crippen LogP contribution in [-0.4, -0.2) is 29.3 Å². The molecule has 2 heterocycles. The van der Waals surface area contributed by atoms with Gasteiger partial charge in [-0.25, -0.2) is 4.39 Å². The van der Waals surface area contributed by atoms with Crippen molar-refractivity contribution in [1.29, 1.82) is 0 Å². The molecular formula is C17H19FN2OS2. The van der Waals surface area contributed by atoms with Crippen molar-refractivity contribution in [2.45, 2.75) is 25.5 Å². The largest absolute Gasteiger partial charge is 0.376 e. The molecule has 23 heavy (non-hydrogen) atoms. The third kappa shape index (κ3) is 4.73. The van der Waals surface area contributed by atoms with Gasteiger partial charge in [0.15, 0.2) is 5.11 Å². The third-order valence-electron chi connectivity index (χ3n) is 3.76. The van der Waals surface area contributed by atoms with Gasteiger partial charge >= 0.3 is 0 Å². The lowest BCUT2D eigenvalue weighted by Crippen LogP contribution is -2.39. The number of rotatable bonds is 5. The summed E-state index contributed by atoms with van der Waals surface area (Å²) in [4.78, 5) is 3.38. The van der Waals surface area contributed by atoms with Gasteiger partial charge in [-0.1, -0.05) is 6.07 Å². The topological polar surface area (TPSA) is 24.5 Å². The van der Waals surface area contributed by atoms with Gasteiger partial charge in [-0.2, -0.15) is 0 Å². The normalized spacial score (nSPS) is 17.2. The minimum Gasteiger partial charge on any atom is -0.376 e. The van der Waals surface area contributed by atoms with Gasteiger partial charge in [-0.15, -0.1) is 11.3 Å². The molecule has 0 amide bonds. The lowest BCUT2D eigenvalue weighted by atomic mass is 10.2. The first-order valence-electron chi connectivity index (χ1n) is 7.66. The van der Waals surface area contributed by atoms with E-state index >= 15 is 0 Å². The molecule has 0 bridgehead atoms. The van der Waals surface area contributed by atoms with Gasteiger partial charge in [-0.05, 0) is 60.8 Å². The minimum atomic E-state index is -0.253. The van der Waals surface area contributed by atoms with E-state index in [1.54, 1.807) is 23.5 Å². The van der Waals surface area contributed by atoms with Crippen molar-refractivity contribution in [2.75, 3.05) is 18.5 Å². The summed E-state index contributed by atoms with van der Waals surface area (Å²) in [5.41, 5.74) is 0.792. The molecule has 1 saturated heterocycles. The fourth-order valence-corrected chi connectivity index (χ4v) is 3.56. The molecule has 1 atom stereocenters. The molecule has 0 radical (unpaired) electrons. The summed E-state index contributed by atoms with van der Waals surface area (Å²) in [5.74, 6) is -0.253. The Hall–Kier alpha value is -1.50. The number of hydrogen-bond donors (Lipinski definition) is 1. The number of halogens is 1. The molecule has 1 N–H and O–H groups in total. The molecular weight excluding hydrogens is 331 g/mol. The van der Waals surface area contributed by atoms with Gasteiger partial charge in [0.1, 0.15) is 5.82 Å². The van der Waals surface area contributed by atoms with Crippen LogP contribution in [0.25, 0.3) is 0 Å². The monoisotopic (exact) mass is 350 g/mol. The number of nitrogens with one attached hydrogen (secondary N) is 1. The van der Waals surface area contributed by atoms with E-state index < -0.39 is 0 Å². The molecule has 6 heteroatoms. The van der Waals surface area contributed by atoms with E-state index in [1.807, 2.05) is 6.07 Å². The van der Waals surface area contributed by atoms with Gasteiger partial charge in [-0.3, -0.25) is 0 Å². The Morgan fingerprint density at radius 1 is 1.35 bits per heavy atom. The van der Waals surface area contributed by atoms with E-state index in [-0.39, 0.29) is 11.9 Å². The van der Waals surface area contributed by atoms with Crippen LogP contribution in [0.4, 0.5) is 10.1 Å². The Kier molecular flexibility index (Phi) is 5.59. The lowest BCUT2D eigenvalue weighted by molar-refractivity contribution is 0.0907. The Balaban J connectivity index is 1.67. The van der Waals surface area contributed by atoms with Crippen LogP contribution in [0.1, 0.15) is 17.7 Å². The second-order valence-electron chi connectivity index (χ2n) is 5.53. The van der Waals surface area contributed by atoms with Crippen LogP contribution in [0.3, 0.4) is 0 Å². The van der Waals surface area contributed by atoms with Crippen molar-refractivity contribution in [1.82, 2.24) is 4.90 Å². The van der Waals surface area contributed by atoms with Crippen LogP contribution in [0, 0.1) is 5.82 Å². The van der Waals surface area contributed by atoms with E-state index in [2.05, 4.69) is 21.7 Å². The second kappa shape index (κ2) is 7.86. The molecule has 0 saturated carbocycles. The number of ether oxygens (including phenoxy) is 1. The average Bonchev–Trinajstić information content (AvgIpc) is 3.22. The van der Waals surface area contributed by atoms with Gasteiger partial charge in [0.25, 0.3) is 0 Å². The maximum atomic E-state index is 13.0. The maximum Gasteiger partial charge on any atom is 0.173 e. The van der Waals surface area contributed by atoms with E-state index in [1.165, 1.54) is 17.0 Å². The predicted molar refractivity (Wildman–Crippen MR) is 96.3 cm³/mol. The van der Waals surface area contributed by atoms with Crippen LogP contribution >= 0.6 is 23.6 Å². The number of nitrogens with zero attached hydrogens (tertiary/aromatic N) is 1. The van der Waals surface area contributed by atoms with Crippen molar-refractivity contribution in [3.8, 4) is 0 Å². The molecule has 122 valence electrons. The standard InChI is InChI=1S/C17H19FN2OS2/c18-13-5-7-14(8-6-13)19-17(22)20(11-15-3-1-9-21-15)12-16-4-2-10-23-16/h2,4-8,10,15H,1,3,9,11-12H2,(H,19,22)/t15-/m0/s1. The quantitative estimate of drug-likeness (QED) is 0.814. The van der Waals surface area contributed by atoms with Gasteiger partial charge in [0, 0.05) is 23.7 Å². The van der Waals surface area contributed by atoms with Gasteiger partial charge in [0.05, 0.1) is 12.6 Å². The Labute approximate surface area is 145 Å². The van der Waals surface area contributed by atoms with E-state index in [9.17, 15) is 4.39 Å². The minimum absolute atomic E-state index is 0.225. The summed E-state index contributed by atoms with van der Waals surface area (Å²) in [6.45, 7) is 2.35. The number of benzene rings is 1. The zero-order valence-electron chi connectivity index (χ0n) is 12.7. The summed E-state index contributed by atoms with van der Waals surface area (Å²) < 4.78 is 18.8. The van der Waals surface area contributed by atoms with Crippen molar-refractivity contribution in [3.05, 3.63) is 52.5 Å². The Morgan fingerprint density at radius 3 is 2.83 bits per heavy atom. The van der Waals surface area contributed by atoms with Crippen LogP contribution in [0.5, 0.6) is 0 Å². The van der Waals surface area contributed by atoms with E-state index in [0.717, 1.165) is 38.2 Å². The number of hydrogen-bond acceptors (Lipinski definition) is 3. The molecule has 1 fully saturated rings. The average molecular weight is 350 g/mol.